The Morgan fingerprint density at radius 2 is 1.65 bits per heavy atom. The Balaban J connectivity index is 2.09. The lowest BCUT2D eigenvalue weighted by Crippen LogP contribution is -2.56. The molecule has 2 saturated heterocycles. The highest BCUT2D eigenvalue weighted by Crippen LogP contribution is 2.41. The van der Waals surface area contributed by atoms with Gasteiger partial charge >= 0.3 is 0 Å². The monoisotopic (exact) mass is 238 g/mol. The SMILES string of the molecule is CC(=O)N(C)C1CC2CCC(C1)N2C(C)(C)C. The van der Waals surface area contributed by atoms with E-state index in [0.29, 0.717) is 18.1 Å². The van der Waals surface area contributed by atoms with Crippen LogP contribution in [0.3, 0.4) is 0 Å². The van der Waals surface area contributed by atoms with E-state index in [1.54, 1.807) is 6.92 Å². The summed E-state index contributed by atoms with van der Waals surface area (Å²) in [6.45, 7) is 8.62. The highest BCUT2D eigenvalue weighted by molar-refractivity contribution is 5.73. The minimum absolute atomic E-state index is 0.207. The fourth-order valence-electron chi connectivity index (χ4n) is 3.82. The molecule has 1 amide bonds. The van der Waals surface area contributed by atoms with E-state index in [4.69, 9.17) is 0 Å². The lowest BCUT2D eigenvalue weighted by atomic mass is 9.91. The topological polar surface area (TPSA) is 23.6 Å². The van der Waals surface area contributed by atoms with Gasteiger partial charge in [-0.1, -0.05) is 0 Å². The molecular formula is C14H26N2O. The smallest absolute Gasteiger partial charge is 0.219 e. The van der Waals surface area contributed by atoms with E-state index in [0.717, 1.165) is 12.8 Å². The van der Waals surface area contributed by atoms with Gasteiger partial charge < -0.3 is 4.90 Å². The van der Waals surface area contributed by atoms with Crippen molar-refractivity contribution in [1.82, 2.24) is 9.80 Å². The summed E-state index contributed by atoms with van der Waals surface area (Å²) in [5.74, 6) is 0.207. The normalized spacial score (nSPS) is 33.8. The fraction of sp³-hybridized carbons (Fsp3) is 0.929. The average molecular weight is 238 g/mol. The molecular weight excluding hydrogens is 212 g/mol. The van der Waals surface area contributed by atoms with Gasteiger partial charge in [0.15, 0.2) is 0 Å². The van der Waals surface area contributed by atoms with Crippen molar-refractivity contribution in [3.8, 4) is 0 Å². The predicted molar refractivity (Wildman–Crippen MR) is 69.9 cm³/mol. The number of hydrogen-bond donors (Lipinski definition) is 0. The highest BCUT2D eigenvalue weighted by Gasteiger charge is 2.46. The van der Waals surface area contributed by atoms with E-state index < -0.39 is 0 Å². The molecule has 0 aromatic carbocycles. The second-order valence-corrected chi connectivity index (χ2v) is 6.72. The standard InChI is InChI=1S/C14H26N2O/c1-10(17)15(5)13-8-11-6-7-12(9-13)16(11)14(2,3)4/h11-13H,6-9H2,1-5H3. The second-order valence-electron chi connectivity index (χ2n) is 6.72. The maximum absolute atomic E-state index is 11.5. The van der Waals surface area contributed by atoms with Crippen molar-refractivity contribution in [2.24, 2.45) is 0 Å². The Labute approximate surface area is 105 Å². The molecule has 0 spiro atoms. The molecule has 2 fully saturated rings. The number of carbonyl (C=O) groups is 1. The maximum atomic E-state index is 11.5. The van der Waals surface area contributed by atoms with Gasteiger partial charge in [0.25, 0.3) is 0 Å². The second kappa shape index (κ2) is 4.27. The van der Waals surface area contributed by atoms with Gasteiger partial charge in [-0.2, -0.15) is 0 Å². The molecule has 2 unspecified atom stereocenters. The molecule has 2 aliphatic rings. The molecule has 0 aromatic heterocycles. The fourth-order valence-corrected chi connectivity index (χ4v) is 3.82. The number of rotatable bonds is 1. The van der Waals surface area contributed by atoms with Crippen LogP contribution in [0.5, 0.6) is 0 Å². The third-order valence-electron chi connectivity index (χ3n) is 4.53. The summed E-state index contributed by atoms with van der Waals surface area (Å²) in [6, 6.07) is 1.82. The molecule has 3 nitrogen and oxygen atoms in total. The van der Waals surface area contributed by atoms with Crippen molar-refractivity contribution in [3.63, 3.8) is 0 Å². The Morgan fingerprint density at radius 3 is 2.00 bits per heavy atom. The molecule has 2 bridgehead atoms. The van der Waals surface area contributed by atoms with E-state index in [9.17, 15) is 4.79 Å². The molecule has 2 atom stereocenters. The molecule has 2 heterocycles. The van der Waals surface area contributed by atoms with Gasteiger partial charge in [-0.25, -0.2) is 0 Å². The van der Waals surface area contributed by atoms with Crippen molar-refractivity contribution < 1.29 is 4.79 Å². The molecule has 0 aromatic rings. The summed E-state index contributed by atoms with van der Waals surface area (Å²) in [5, 5.41) is 0. The van der Waals surface area contributed by atoms with Crippen LogP contribution < -0.4 is 0 Å². The van der Waals surface area contributed by atoms with Crippen LogP contribution in [0.25, 0.3) is 0 Å². The molecule has 17 heavy (non-hydrogen) atoms. The molecule has 0 saturated carbocycles. The van der Waals surface area contributed by atoms with E-state index in [1.807, 2.05) is 11.9 Å². The van der Waals surface area contributed by atoms with Gasteiger partial charge in [-0.15, -0.1) is 0 Å². The van der Waals surface area contributed by atoms with Crippen molar-refractivity contribution in [2.75, 3.05) is 7.05 Å². The van der Waals surface area contributed by atoms with Crippen molar-refractivity contribution >= 4 is 5.91 Å². The van der Waals surface area contributed by atoms with Crippen LogP contribution in [0, 0.1) is 0 Å². The largest absolute Gasteiger partial charge is 0.343 e. The zero-order valence-corrected chi connectivity index (χ0v) is 11.9. The number of nitrogens with zero attached hydrogens (tertiary/aromatic N) is 2. The lowest BCUT2D eigenvalue weighted by molar-refractivity contribution is -0.131. The zero-order valence-electron chi connectivity index (χ0n) is 11.9. The van der Waals surface area contributed by atoms with Crippen LogP contribution in [-0.4, -0.2) is 46.4 Å². The van der Waals surface area contributed by atoms with Crippen LogP contribution in [-0.2, 0) is 4.79 Å². The summed E-state index contributed by atoms with van der Waals surface area (Å²) in [6.07, 6.45) is 4.93. The van der Waals surface area contributed by atoms with E-state index in [1.165, 1.54) is 12.8 Å². The van der Waals surface area contributed by atoms with Crippen LogP contribution in [0.2, 0.25) is 0 Å². The average Bonchev–Trinajstić information content (AvgIpc) is 2.49. The lowest BCUT2D eigenvalue weighted by Gasteiger charge is -2.48. The number of piperidine rings is 1. The molecule has 98 valence electrons. The Hall–Kier alpha value is -0.570. The summed E-state index contributed by atoms with van der Waals surface area (Å²) in [4.78, 5) is 16.1. The van der Waals surface area contributed by atoms with E-state index in [2.05, 4.69) is 25.7 Å². The van der Waals surface area contributed by atoms with Crippen molar-refractivity contribution in [2.45, 2.75) is 77.0 Å². The number of amides is 1. The third kappa shape index (κ3) is 2.35. The highest BCUT2D eigenvalue weighted by atomic mass is 16.2. The predicted octanol–water partition coefficient (Wildman–Crippen LogP) is 2.26. The zero-order chi connectivity index (χ0) is 12.8. The van der Waals surface area contributed by atoms with Crippen molar-refractivity contribution in [3.05, 3.63) is 0 Å². The first-order valence-electron chi connectivity index (χ1n) is 6.82. The Morgan fingerprint density at radius 1 is 1.18 bits per heavy atom. The minimum Gasteiger partial charge on any atom is -0.343 e. The summed E-state index contributed by atoms with van der Waals surface area (Å²) < 4.78 is 0. The quantitative estimate of drug-likeness (QED) is 0.699. The van der Waals surface area contributed by atoms with Gasteiger partial charge in [-0.05, 0) is 46.5 Å². The summed E-state index contributed by atoms with van der Waals surface area (Å²) in [5.41, 5.74) is 0.269. The van der Waals surface area contributed by atoms with E-state index >= 15 is 0 Å². The van der Waals surface area contributed by atoms with Gasteiger partial charge in [0.1, 0.15) is 0 Å². The molecule has 0 aliphatic carbocycles. The number of carbonyl (C=O) groups excluding carboxylic acids is 1. The van der Waals surface area contributed by atoms with Crippen LogP contribution in [0.4, 0.5) is 0 Å². The molecule has 3 heteroatoms. The summed E-state index contributed by atoms with van der Waals surface area (Å²) in [7, 11) is 1.96. The number of hydrogen-bond acceptors (Lipinski definition) is 2. The minimum atomic E-state index is 0.207. The Bertz CT molecular complexity index is 294. The van der Waals surface area contributed by atoms with Crippen LogP contribution in [0.1, 0.15) is 53.4 Å². The first-order valence-corrected chi connectivity index (χ1v) is 6.82. The van der Waals surface area contributed by atoms with Crippen LogP contribution >= 0.6 is 0 Å². The van der Waals surface area contributed by atoms with Crippen molar-refractivity contribution in [1.29, 1.82) is 0 Å². The first-order chi connectivity index (χ1) is 7.80. The number of fused-ring (bicyclic) bond motifs is 2. The summed E-state index contributed by atoms with van der Waals surface area (Å²) >= 11 is 0. The maximum Gasteiger partial charge on any atom is 0.219 e. The first kappa shape index (κ1) is 12.9. The van der Waals surface area contributed by atoms with Gasteiger partial charge in [-0.3, -0.25) is 9.69 Å². The molecule has 0 N–H and O–H groups in total. The third-order valence-corrected chi connectivity index (χ3v) is 4.53. The molecule has 2 rings (SSSR count). The molecule has 0 radical (unpaired) electrons. The van der Waals surface area contributed by atoms with E-state index in [-0.39, 0.29) is 11.4 Å². The Kier molecular flexibility index (Phi) is 3.23. The van der Waals surface area contributed by atoms with Gasteiger partial charge in [0.05, 0.1) is 0 Å². The van der Waals surface area contributed by atoms with Gasteiger partial charge in [0.2, 0.25) is 5.91 Å². The van der Waals surface area contributed by atoms with Gasteiger partial charge in [0, 0.05) is 37.6 Å². The molecule has 2 aliphatic heterocycles. The van der Waals surface area contributed by atoms with Crippen LogP contribution in [0.15, 0.2) is 0 Å².